The lowest BCUT2D eigenvalue weighted by atomic mass is 10.1. The van der Waals surface area contributed by atoms with Gasteiger partial charge in [0.05, 0.1) is 19.9 Å². The summed E-state index contributed by atoms with van der Waals surface area (Å²) in [6, 6.07) is 9.26. The fourth-order valence-corrected chi connectivity index (χ4v) is 1.78. The highest BCUT2D eigenvalue weighted by atomic mass is 32.1. The Balaban J connectivity index is 2.20. The van der Waals surface area contributed by atoms with E-state index in [2.05, 4.69) is 5.32 Å². The molecule has 1 aromatic carbocycles. The van der Waals surface area contributed by atoms with Crippen LogP contribution in [0.15, 0.2) is 41.0 Å². The number of hydrogen-bond donors (Lipinski definition) is 2. The largest absolute Gasteiger partial charge is 0.497 e. The molecule has 0 aliphatic carbocycles. The Morgan fingerprint density at radius 2 is 2.28 bits per heavy atom. The highest BCUT2D eigenvalue weighted by Gasteiger charge is 2.07. The van der Waals surface area contributed by atoms with Crippen molar-refractivity contribution in [1.82, 2.24) is 0 Å². The van der Waals surface area contributed by atoms with E-state index in [1.54, 1.807) is 13.4 Å². The lowest BCUT2D eigenvalue weighted by molar-refractivity contribution is 0.415. The molecule has 1 heterocycles. The van der Waals surface area contributed by atoms with Crippen molar-refractivity contribution in [3.05, 3.63) is 47.9 Å². The third kappa shape index (κ3) is 2.81. The first-order valence-electron chi connectivity index (χ1n) is 5.45. The standard InChI is InChI=1S/C13H14N2O2S/c1-16-9-4-5-11(13(14)18)12(7-9)15-8-10-3-2-6-17-10/h2-7,15H,8H2,1H3,(H2,14,18). The minimum Gasteiger partial charge on any atom is -0.497 e. The van der Waals surface area contributed by atoms with Crippen LogP contribution in [0.3, 0.4) is 0 Å². The van der Waals surface area contributed by atoms with Crippen molar-refractivity contribution in [3.8, 4) is 5.75 Å². The second-order valence-electron chi connectivity index (χ2n) is 3.71. The van der Waals surface area contributed by atoms with E-state index in [-0.39, 0.29) is 0 Å². The van der Waals surface area contributed by atoms with Gasteiger partial charge in [0.25, 0.3) is 0 Å². The molecule has 0 aliphatic rings. The molecule has 0 unspecified atom stereocenters. The van der Waals surface area contributed by atoms with Gasteiger partial charge in [-0.2, -0.15) is 0 Å². The van der Waals surface area contributed by atoms with E-state index in [4.69, 9.17) is 27.1 Å². The normalized spacial score (nSPS) is 10.1. The van der Waals surface area contributed by atoms with Gasteiger partial charge in [-0.3, -0.25) is 0 Å². The van der Waals surface area contributed by atoms with Gasteiger partial charge in [0, 0.05) is 17.3 Å². The predicted octanol–water partition coefficient (Wildman–Crippen LogP) is 2.53. The molecule has 0 amide bonds. The van der Waals surface area contributed by atoms with Gasteiger partial charge in [-0.15, -0.1) is 0 Å². The van der Waals surface area contributed by atoms with E-state index >= 15 is 0 Å². The number of anilines is 1. The van der Waals surface area contributed by atoms with Gasteiger partial charge < -0.3 is 20.2 Å². The third-order valence-electron chi connectivity index (χ3n) is 2.53. The minimum atomic E-state index is 0.347. The number of methoxy groups -OCH3 is 1. The number of nitrogens with two attached hydrogens (primary N) is 1. The Morgan fingerprint density at radius 1 is 1.44 bits per heavy atom. The molecule has 0 aliphatic heterocycles. The maximum absolute atomic E-state index is 5.68. The van der Waals surface area contributed by atoms with Crippen molar-refractivity contribution < 1.29 is 9.15 Å². The zero-order valence-corrected chi connectivity index (χ0v) is 10.8. The molecule has 2 aromatic rings. The molecule has 0 atom stereocenters. The summed E-state index contributed by atoms with van der Waals surface area (Å²) < 4.78 is 10.4. The van der Waals surface area contributed by atoms with E-state index < -0.39 is 0 Å². The second kappa shape index (κ2) is 5.55. The van der Waals surface area contributed by atoms with Crippen LogP contribution in [0.5, 0.6) is 5.75 Å². The van der Waals surface area contributed by atoms with Gasteiger partial charge in [0.2, 0.25) is 0 Å². The molecule has 0 bridgehead atoms. The number of rotatable bonds is 5. The Bertz CT molecular complexity index is 538. The van der Waals surface area contributed by atoms with Crippen LogP contribution in [0, 0.1) is 0 Å². The van der Waals surface area contributed by atoms with Gasteiger partial charge in [-0.25, -0.2) is 0 Å². The minimum absolute atomic E-state index is 0.347. The summed E-state index contributed by atoms with van der Waals surface area (Å²) in [4.78, 5) is 0.347. The molecule has 2 rings (SSSR count). The molecular formula is C13H14N2O2S. The summed E-state index contributed by atoms with van der Waals surface area (Å²) >= 11 is 5.02. The molecule has 5 heteroatoms. The van der Waals surface area contributed by atoms with E-state index in [9.17, 15) is 0 Å². The van der Waals surface area contributed by atoms with Crippen molar-refractivity contribution in [2.24, 2.45) is 5.73 Å². The van der Waals surface area contributed by atoms with Gasteiger partial charge in [-0.1, -0.05) is 12.2 Å². The van der Waals surface area contributed by atoms with Gasteiger partial charge in [0.1, 0.15) is 16.5 Å². The Kier molecular flexibility index (Phi) is 3.84. The second-order valence-corrected chi connectivity index (χ2v) is 4.15. The average Bonchev–Trinajstić information content (AvgIpc) is 2.88. The maximum atomic E-state index is 5.68. The Labute approximate surface area is 111 Å². The molecule has 18 heavy (non-hydrogen) atoms. The zero-order chi connectivity index (χ0) is 13.0. The smallest absolute Gasteiger partial charge is 0.122 e. The van der Waals surface area contributed by atoms with Crippen LogP contribution in [0.25, 0.3) is 0 Å². The summed E-state index contributed by atoms with van der Waals surface area (Å²) in [7, 11) is 1.62. The molecule has 3 N–H and O–H groups in total. The molecule has 0 radical (unpaired) electrons. The first-order valence-corrected chi connectivity index (χ1v) is 5.85. The number of ether oxygens (including phenoxy) is 1. The Morgan fingerprint density at radius 3 is 2.89 bits per heavy atom. The van der Waals surface area contributed by atoms with Crippen LogP contribution < -0.4 is 15.8 Å². The lowest BCUT2D eigenvalue weighted by Crippen LogP contribution is -2.13. The molecular weight excluding hydrogens is 248 g/mol. The van der Waals surface area contributed by atoms with Crippen LogP contribution in [-0.4, -0.2) is 12.1 Å². The third-order valence-corrected chi connectivity index (χ3v) is 2.75. The van der Waals surface area contributed by atoms with Crippen molar-refractivity contribution in [2.75, 3.05) is 12.4 Å². The monoisotopic (exact) mass is 262 g/mol. The first-order chi connectivity index (χ1) is 8.70. The average molecular weight is 262 g/mol. The number of nitrogens with one attached hydrogen (secondary N) is 1. The molecule has 0 spiro atoms. The summed E-state index contributed by atoms with van der Waals surface area (Å²) in [6.07, 6.45) is 1.64. The van der Waals surface area contributed by atoms with Crippen LogP contribution in [0.4, 0.5) is 5.69 Å². The van der Waals surface area contributed by atoms with Crippen molar-refractivity contribution in [2.45, 2.75) is 6.54 Å². The number of benzene rings is 1. The van der Waals surface area contributed by atoms with E-state index in [1.807, 2.05) is 30.3 Å². The molecule has 4 nitrogen and oxygen atoms in total. The number of hydrogen-bond acceptors (Lipinski definition) is 4. The number of thiocarbonyl (C=S) groups is 1. The maximum Gasteiger partial charge on any atom is 0.122 e. The molecule has 0 fully saturated rings. The van der Waals surface area contributed by atoms with Crippen LogP contribution >= 0.6 is 12.2 Å². The molecule has 0 saturated carbocycles. The first kappa shape index (κ1) is 12.4. The van der Waals surface area contributed by atoms with Crippen molar-refractivity contribution >= 4 is 22.9 Å². The van der Waals surface area contributed by atoms with Crippen LogP contribution in [-0.2, 0) is 6.54 Å². The summed E-state index contributed by atoms with van der Waals surface area (Å²) in [5.74, 6) is 1.59. The molecule has 1 aromatic heterocycles. The molecule has 0 saturated heterocycles. The van der Waals surface area contributed by atoms with E-state index in [1.165, 1.54) is 0 Å². The van der Waals surface area contributed by atoms with Crippen LogP contribution in [0.2, 0.25) is 0 Å². The topological polar surface area (TPSA) is 60.4 Å². The fourth-order valence-electron chi connectivity index (χ4n) is 1.61. The van der Waals surface area contributed by atoms with Crippen LogP contribution in [0.1, 0.15) is 11.3 Å². The SMILES string of the molecule is COc1ccc(C(N)=S)c(NCc2ccco2)c1. The summed E-state index contributed by atoms with van der Waals surface area (Å²) in [6.45, 7) is 0.565. The van der Waals surface area contributed by atoms with Gasteiger partial charge >= 0.3 is 0 Å². The lowest BCUT2D eigenvalue weighted by Gasteiger charge is -2.11. The summed E-state index contributed by atoms with van der Waals surface area (Å²) in [5, 5.41) is 3.23. The van der Waals surface area contributed by atoms with Crippen molar-refractivity contribution in [3.63, 3.8) is 0 Å². The van der Waals surface area contributed by atoms with Gasteiger partial charge in [-0.05, 0) is 24.3 Å². The fraction of sp³-hybridized carbons (Fsp3) is 0.154. The quantitative estimate of drug-likeness (QED) is 0.811. The molecule has 94 valence electrons. The van der Waals surface area contributed by atoms with Crippen molar-refractivity contribution in [1.29, 1.82) is 0 Å². The van der Waals surface area contributed by atoms with Gasteiger partial charge in [0.15, 0.2) is 0 Å². The van der Waals surface area contributed by atoms with E-state index in [0.29, 0.717) is 11.5 Å². The Hall–Kier alpha value is -2.01. The number of furan rings is 1. The highest BCUT2D eigenvalue weighted by molar-refractivity contribution is 7.80. The highest BCUT2D eigenvalue weighted by Crippen LogP contribution is 2.23. The zero-order valence-electron chi connectivity index (χ0n) is 9.97. The van der Waals surface area contributed by atoms with E-state index in [0.717, 1.165) is 22.8 Å². The predicted molar refractivity (Wildman–Crippen MR) is 74.9 cm³/mol. The summed E-state index contributed by atoms with van der Waals surface area (Å²) in [5.41, 5.74) is 7.30.